The van der Waals surface area contributed by atoms with E-state index in [4.69, 9.17) is 11.5 Å². The number of hydrogen-bond acceptors (Lipinski definition) is 6. The lowest BCUT2D eigenvalue weighted by Crippen LogP contribution is -2.47. The molecule has 5 N–H and O–H groups in total. The first kappa shape index (κ1) is 24.7. The Bertz CT molecular complexity index is 931. The number of aliphatic carboxylic acids is 1. The van der Waals surface area contributed by atoms with Crippen LogP contribution in [0.2, 0.25) is 0 Å². The van der Waals surface area contributed by atoms with Crippen molar-refractivity contribution in [3.8, 4) is 0 Å². The van der Waals surface area contributed by atoms with Gasteiger partial charge in [-0.25, -0.2) is 0 Å². The molecule has 32 heavy (non-hydrogen) atoms. The van der Waals surface area contributed by atoms with E-state index in [2.05, 4.69) is 0 Å². The van der Waals surface area contributed by atoms with E-state index in [0.717, 1.165) is 20.9 Å². The van der Waals surface area contributed by atoms with Crippen molar-refractivity contribution >= 4 is 23.7 Å². The van der Waals surface area contributed by atoms with Crippen molar-refractivity contribution < 1.29 is 24.3 Å². The maximum absolute atomic E-state index is 12.9. The summed E-state index contributed by atoms with van der Waals surface area (Å²) in [6.07, 6.45) is 0.560. The minimum Gasteiger partial charge on any atom is -0.480 e. The van der Waals surface area contributed by atoms with Crippen molar-refractivity contribution in [2.45, 2.75) is 19.4 Å². The second-order valence-electron chi connectivity index (χ2n) is 7.15. The summed E-state index contributed by atoms with van der Waals surface area (Å²) in [5.41, 5.74) is 13.1. The maximum Gasteiger partial charge on any atom is 0.323 e. The smallest absolute Gasteiger partial charge is 0.323 e. The van der Waals surface area contributed by atoms with E-state index in [9.17, 15) is 24.3 Å². The van der Waals surface area contributed by atoms with Gasteiger partial charge < -0.3 is 21.5 Å². The molecule has 0 unspecified atom stereocenters. The van der Waals surface area contributed by atoms with Gasteiger partial charge in [0.15, 0.2) is 0 Å². The first-order valence-electron chi connectivity index (χ1n) is 10.2. The topological polar surface area (TPSA) is 147 Å². The number of hydrogen-bond donors (Lipinski definition) is 3. The molecule has 9 heteroatoms. The van der Waals surface area contributed by atoms with Crippen LogP contribution in [0.25, 0.3) is 0 Å². The van der Waals surface area contributed by atoms with Gasteiger partial charge in [-0.15, -0.1) is 0 Å². The number of nitrogens with zero attached hydrogens (tertiary/aromatic N) is 2. The number of amides is 3. The Kier molecular flexibility index (Phi) is 9.52. The van der Waals surface area contributed by atoms with Crippen molar-refractivity contribution in [1.29, 1.82) is 0 Å². The Balaban J connectivity index is 2.09. The van der Waals surface area contributed by atoms with Gasteiger partial charge in [0.25, 0.3) is 5.91 Å². The fourth-order valence-electron chi connectivity index (χ4n) is 3.12. The van der Waals surface area contributed by atoms with Gasteiger partial charge in [0, 0.05) is 31.6 Å². The van der Waals surface area contributed by atoms with Crippen LogP contribution >= 0.6 is 0 Å². The molecule has 9 nitrogen and oxygen atoms in total. The van der Waals surface area contributed by atoms with E-state index in [1.807, 2.05) is 30.3 Å². The summed E-state index contributed by atoms with van der Waals surface area (Å²) in [6.45, 7) is -0.892. The number of carbonyl (C=O) groups is 4. The third kappa shape index (κ3) is 7.29. The maximum atomic E-state index is 12.9. The summed E-state index contributed by atoms with van der Waals surface area (Å²) in [7, 11) is 0. The van der Waals surface area contributed by atoms with Gasteiger partial charge in [0.1, 0.15) is 6.54 Å². The fraction of sp³-hybridized carbons (Fsp3) is 0.304. The number of aryl methyl sites for hydroxylation is 1. The average molecular weight is 441 g/mol. The molecule has 0 fully saturated rings. The van der Waals surface area contributed by atoms with E-state index in [1.165, 1.54) is 0 Å². The first-order valence-corrected chi connectivity index (χ1v) is 10.2. The number of rotatable bonds is 11. The minimum atomic E-state index is -1.18. The van der Waals surface area contributed by atoms with Crippen LogP contribution in [0, 0.1) is 0 Å². The zero-order valence-corrected chi connectivity index (χ0v) is 17.8. The number of nitrogens with two attached hydrogens (primary N) is 2. The highest BCUT2D eigenvalue weighted by molar-refractivity contribution is 6.05. The van der Waals surface area contributed by atoms with Crippen LogP contribution in [-0.4, -0.2) is 64.8 Å². The number of carboxylic acids is 1. The average Bonchev–Trinajstić information content (AvgIpc) is 2.81. The molecular weight excluding hydrogens is 412 g/mol. The second kappa shape index (κ2) is 12.3. The van der Waals surface area contributed by atoms with Crippen LogP contribution in [0.1, 0.15) is 27.9 Å². The minimum absolute atomic E-state index is 0.108. The SMILES string of the molecule is NCC(=O)N(CCN(CC(=O)O)C(=O)CCc1ccccc1)C(=O)c1ccc(CN)cc1. The monoisotopic (exact) mass is 440 g/mol. The molecule has 0 atom stereocenters. The van der Waals surface area contributed by atoms with Gasteiger partial charge in [-0.05, 0) is 29.7 Å². The molecule has 0 aliphatic carbocycles. The van der Waals surface area contributed by atoms with Gasteiger partial charge in [0.05, 0.1) is 6.54 Å². The highest BCUT2D eigenvalue weighted by atomic mass is 16.4. The predicted octanol–water partition coefficient (Wildman–Crippen LogP) is 0.619. The molecule has 0 bridgehead atoms. The third-order valence-electron chi connectivity index (χ3n) is 4.90. The molecular formula is C23H28N4O5. The van der Waals surface area contributed by atoms with Gasteiger partial charge in [0.2, 0.25) is 11.8 Å². The summed E-state index contributed by atoms with van der Waals surface area (Å²) < 4.78 is 0. The van der Waals surface area contributed by atoms with Gasteiger partial charge in [-0.1, -0.05) is 42.5 Å². The molecule has 2 aromatic rings. The molecule has 2 aromatic carbocycles. The lowest BCUT2D eigenvalue weighted by molar-refractivity contribution is -0.144. The standard InChI is InChI=1S/C23H28N4O5/c24-14-18-6-9-19(10-7-18)23(32)27(21(29)15-25)13-12-26(16-22(30)31)20(28)11-8-17-4-2-1-3-5-17/h1-7,9-10H,8,11-16,24-25H2,(H,30,31). The molecule has 0 heterocycles. The normalized spacial score (nSPS) is 10.4. The first-order chi connectivity index (χ1) is 15.3. The largest absolute Gasteiger partial charge is 0.480 e. The number of benzene rings is 2. The van der Waals surface area contributed by atoms with Crippen molar-refractivity contribution in [3.05, 3.63) is 71.3 Å². The van der Waals surface area contributed by atoms with Gasteiger partial charge in [-0.3, -0.25) is 24.1 Å². The highest BCUT2D eigenvalue weighted by Crippen LogP contribution is 2.10. The van der Waals surface area contributed by atoms with Crippen LogP contribution < -0.4 is 11.5 Å². The summed E-state index contributed by atoms with van der Waals surface area (Å²) >= 11 is 0. The van der Waals surface area contributed by atoms with E-state index < -0.39 is 30.9 Å². The number of carboxylic acid groups (broad SMARTS) is 1. The van der Waals surface area contributed by atoms with Gasteiger partial charge in [-0.2, -0.15) is 0 Å². The summed E-state index contributed by atoms with van der Waals surface area (Å²) in [6, 6.07) is 15.8. The molecule has 0 radical (unpaired) electrons. The zero-order chi connectivity index (χ0) is 23.5. The second-order valence-corrected chi connectivity index (χ2v) is 7.15. The van der Waals surface area contributed by atoms with E-state index in [1.54, 1.807) is 24.3 Å². The van der Waals surface area contributed by atoms with E-state index in [-0.39, 0.29) is 31.0 Å². The molecule has 3 amide bonds. The molecule has 0 saturated heterocycles. The van der Waals surface area contributed by atoms with Gasteiger partial charge >= 0.3 is 5.97 Å². The van der Waals surface area contributed by atoms with Crippen LogP contribution in [0.5, 0.6) is 0 Å². The van der Waals surface area contributed by atoms with E-state index in [0.29, 0.717) is 13.0 Å². The summed E-state index contributed by atoms with van der Waals surface area (Å²) in [5, 5.41) is 9.20. The van der Waals surface area contributed by atoms with Crippen molar-refractivity contribution in [3.63, 3.8) is 0 Å². The van der Waals surface area contributed by atoms with Crippen LogP contribution in [0.4, 0.5) is 0 Å². The van der Waals surface area contributed by atoms with Crippen molar-refractivity contribution in [1.82, 2.24) is 9.80 Å². The Morgan fingerprint density at radius 2 is 1.47 bits per heavy atom. The third-order valence-corrected chi connectivity index (χ3v) is 4.90. The predicted molar refractivity (Wildman–Crippen MR) is 118 cm³/mol. The molecule has 170 valence electrons. The number of carbonyl (C=O) groups excluding carboxylic acids is 3. The lowest BCUT2D eigenvalue weighted by atomic mass is 10.1. The zero-order valence-electron chi connectivity index (χ0n) is 17.8. The molecule has 0 aliphatic rings. The van der Waals surface area contributed by atoms with Crippen molar-refractivity contribution in [2.75, 3.05) is 26.2 Å². The lowest BCUT2D eigenvalue weighted by Gasteiger charge is -2.26. The summed E-state index contributed by atoms with van der Waals surface area (Å²) in [4.78, 5) is 51.2. The van der Waals surface area contributed by atoms with E-state index >= 15 is 0 Å². The molecule has 2 rings (SSSR count). The Labute approximate surface area is 186 Å². The van der Waals surface area contributed by atoms with Crippen LogP contribution in [0.15, 0.2) is 54.6 Å². The molecule has 0 aromatic heterocycles. The molecule has 0 spiro atoms. The Morgan fingerprint density at radius 1 is 0.812 bits per heavy atom. The van der Waals surface area contributed by atoms with Crippen molar-refractivity contribution in [2.24, 2.45) is 11.5 Å². The quantitative estimate of drug-likeness (QED) is 0.464. The summed E-state index contributed by atoms with van der Waals surface area (Å²) in [5.74, 6) is -2.75. The highest BCUT2D eigenvalue weighted by Gasteiger charge is 2.24. The Hall–Kier alpha value is -3.56. The molecule has 0 aliphatic heterocycles. The van der Waals surface area contributed by atoms with Crippen LogP contribution in [-0.2, 0) is 27.3 Å². The fourth-order valence-corrected chi connectivity index (χ4v) is 3.12. The molecule has 0 saturated carbocycles. The van der Waals surface area contributed by atoms with Crippen LogP contribution in [0.3, 0.4) is 0 Å². The number of imide groups is 1. The Morgan fingerprint density at radius 3 is 2.03 bits per heavy atom.